The molecule has 0 aliphatic heterocycles. The Morgan fingerprint density at radius 1 is 0.586 bits per heavy atom. The van der Waals surface area contributed by atoms with Gasteiger partial charge in [0.1, 0.15) is 0 Å². The van der Waals surface area contributed by atoms with E-state index in [2.05, 4.69) is 6.58 Å². The minimum Gasteiger partial charge on any atom is -0.462 e. The van der Waals surface area contributed by atoms with E-state index in [1.54, 1.807) is 6.92 Å². The summed E-state index contributed by atoms with van der Waals surface area (Å²) in [6, 6.07) is 0. The number of unbranched alkanes of at least 4 members (excludes halogenated alkanes) is 19. The van der Waals surface area contributed by atoms with E-state index < -0.39 is 0 Å². The van der Waals surface area contributed by atoms with E-state index in [1.807, 2.05) is 0 Å². The average Bonchev–Trinajstić information content (AvgIpc) is 2.71. The molecular weight excluding hydrogens is 360 g/mol. The highest BCUT2D eigenvalue weighted by atomic mass is 16.5. The topological polar surface area (TPSA) is 46.5 Å². The molecule has 0 aromatic heterocycles. The molecule has 0 radical (unpaired) electrons. The lowest BCUT2D eigenvalue weighted by atomic mass is 10.0. The van der Waals surface area contributed by atoms with E-state index in [9.17, 15) is 4.79 Å². The van der Waals surface area contributed by atoms with Crippen LogP contribution in [0.1, 0.15) is 135 Å². The largest absolute Gasteiger partial charge is 0.462 e. The van der Waals surface area contributed by atoms with Crippen LogP contribution in [-0.2, 0) is 9.53 Å². The van der Waals surface area contributed by atoms with Crippen molar-refractivity contribution in [2.24, 2.45) is 0 Å². The Kier molecular flexibility index (Phi) is 22.8. The molecule has 0 aliphatic rings. The number of aliphatic hydroxyl groups excluding tert-OH is 1. The number of esters is 1. The molecule has 3 nitrogen and oxygen atoms in total. The second-order valence-electron chi connectivity index (χ2n) is 8.71. The Bertz CT molecular complexity index is 365. The second kappa shape index (κ2) is 23.4. The quantitative estimate of drug-likeness (QED) is 0.106. The maximum Gasteiger partial charge on any atom is 0.333 e. The second-order valence-corrected chi connectivity index (χ2v) is 8.71. The number of carbonyl (C=O) groups excluding carboxylic acids is 1. The first-order chi connectivity index (χ1) is 14.2. The fourth-order valence-electron chi connectivity index (χ4n) is 3.68. The van der Waals surface area contributed by atoms with Crippen molar-refractivity contribution in [3.63, 3.8) is 0 Å². The summed E-state index contributed by atoms with van der Waals surface area (Å²) < 4.78 is 5.10. The van der Waals surface area contributed by atoms with Gasteiger partial charge in [0.15, 0.2) is 0 Å². The van der Waals surface area contributed by atoms with Gasteiger partial charge in [-0.05, 0) is 19.8 Å². The molecule has 0 unspecified atom stereocenters. The SMILES string of the molecule is C=C(C)C(=O)OCCCCCCCCCCCCCCCCCCCCCCO. The molecule has 0 aromatic rings. The van der Waals surface area contributed by atoms with E-state index in [1.165, 1.54) is 109 Å². The molecule has 0 aliphatic carbocycles. The van der Waals surface area contributed by atoms with Gasteiger partial charge in [-0.1, -0.05) is 122 Å². The standard InChI is InChI=1S/C26H50O3/c1-25(2)26(28)29-24-22-20-18-16-14-12-10-8-6-4-3-5-7-9-11-13-15-17-19-21-23-27/h27H,1,3-24H2,2H3. The predicted molar refractivity (Wildman–Crippen MR) is 125 cm³/mol. The first-order valence-electron chi connectivity index (χ1n) is 12.6. The summed E-state index contributed by atoms with van der Waals surface area (Å²) >= 11 is 0. The van der Waals surface area contributed by atoms with E-state index in [0.29, 0.717) is 18.8 Å². The fraction of sp³-hybridized carbons (Fsp3) is 0.885. The van der Waals surface area contributed by atoms with E-state index >= 15 is 0 Å². The zero-order chi connectivity index (χ0) is 21.4. The number of carbonyl (C=O) groups is 1. The fourth-order valence-corrected chi connectivity index (χ4v) is 3.68. The number of rotatable bonds is 23. The van der Waals surface area contributed by atoms with Crippen LogP contribution < -0.4 is 0 Å². The van der Waals surface area contributed by atoms with Crippen LogP contribution in [0.15, 0.2) is 12.2 Å². The number of hydrogen-bond donors (Lipinski definition) is 1. The lowest BCUT2D eigenvalue weighted by molar-refractivity contribution is -0.139. The summed E-state index contributed by atoms with van der Waals surface area (Å²) in [6.07, 6.45) is 26.4. The van der Waals surface area contributed by atoms with Gasteiger partial charge in [0.05, 0.1) is 6.61 Å². The first-order valence-corrected chi connectivity index (χ1v) is 12.6. The molecule has 172 valence electrons. The molecule has 0 atom stereocenters. The molecule has 29 heavy (non-hydrogen) atoms. The zero-order valence-electron chi connectivity index (χ0n) is 19.5. The third kappa shape index (κ3) is 23.3. The third-order valence-corrected chi connectivity index (χ3v) is 5.63. The maximum atomic E-state index is 11.2. The van der Waals surface area contributed by atoms with Crippen LogP contribution in [0.25, 0.3) is 0 Å². The van der Waals surface area contributed by atoms with Crippen LogP contribution in [0.3, 0.4) is 0 Å². The summed E-state index contributed by atoms with van der Waals surface area (Å²) in [5.74, 6) is -0.258. The van der Waals surface area contributed by atoms with Crippen molar-refractivity contribution in [3.05, 3.63) is 12.2 Å². The normalized spacial score (nSPS) is 11.0. The number of hydrogen-bond acceptors (Lipinski definition) is 3. The molecule has 0 amide bonds. The Morgan fingerprint density at radius 2 is 0.862 bits per heavy atom. The molecule has 0 rings (SSSR count). The first kappa shape index (κ1) is 28.2. The smallest absolute Gasteiger partial charge is 0.333 e. The van der Waals surface area contributed by atoms with Gasteiger partial charge in [-0.15, -0.1) is 0 Å². The van der Waals surface area contributed by atoms with Crippen molar-refractivity contribution in [2.45, 2.75) is 135 Å². The van der Waals surface area contributed by atoms with Crippen molar-refractivity contribution < 1.29 is 14.6 Å². The highest BCUT2D eigenvalue weighted by molar-refractivity contribution is 5.86. The molecule has 1 N–H and O–H groups in total. The molecule has 0 saturated heterocycles. The van der Waals surface area contributed by atoms with Gasteiger partial charge in [-0.25, -0.2) is 4.79 Å². The Hall–Kier alpha value is -0.830. The molecule has 0 spiro atoms. The summed E-state index contributed by atoms with van der Waals surface area (Å²) in [4.78, 5) is 11.2. The summed E-state index contributed by atoms with van der Waals surface area (Å²) in [6.45, 7) is 6.17. The number of aliphatic hydroxyl groups is 1. The van der Waals surface area contributed by atoms with Crippen molar-refractivity contribution in [1.29, 1.82) is 0 Å². The monoisotopic (exact) mass is 410 g/mol. The maximum absolute atomic E-state index is 11.2. The van der Waals surface area contributed by atoms with Gasteiger partial charge in [0, 0.05) is 12.2 Å². The summed E-state index contributed by atoms with van der Waals surface area (Å²) in [5.41, 5.74) is 0.488. The van der Waals surface area contributed by atoms with Crippen LogP contribution >= 0.6 is 0 Å². The molecule has 0 bridgehead atoms. The lowest BCUT2D eigenvalue weighted by Crippen LogP contribution is -2.05. The molecule has 0 saturated carbocycles. The molecular formula is C26H50O3. The molecule has 0 aromatic carbocycles. The molecule has 0 fully saturated rings. The van der Waals surface area contributed by atoms with Crippen LogP contribution in [-0.4, -0.2) is 24.3 Å². The van der Waals surface area contributed by atoms with Crippen LogP contribution in [0.4, 0.5) is 0 Å². The van der Waals surface area contributed by atoms with Gasteiger partial charge in [0.2, 0.25) is 0 Å². The lowest BCUT2D eigenvalue weighted by Gasteiger charge is -2.05. The Labute approximate surface area is 181 Å². The Balaban J connectivity index is 3.05. The van der Waals surface area contributed by atoms with Crippen LogP contribution in [0.5, 0.6) is 0 Å². The van der Waals surface area contributed by atoms with Crippen LogP contribution in [0.2, 0.25) is 0 Å². The molecule has 3 heteroatoms. The Morgan fingerprint density at radius 3 is 1.14 bits per heavy atom. The minimum absolute atomic E-state index is 0.258. The van der Waals surface area contributed by atoms with Crippen molar-refractivity contribution >= 4 is 5.97 Å². The van der Waals surface area contributed by atoms with Gasteiger partial charge in [-0.3, -0.25) is 0 Å². The van der Waals surface area contributed by atoms with Crippen LogP contribution in [0, 0.1) is 0 Å². The van der Waals surface area contributed by atoms with Gasteiger partial charge in [-0.2, -0.15) is 0 Å². The minimum atomic E-state index is -0.258. The molecule has 0 heterocycles. The van der Waals surface area contributed by atoms with Gasteiger partial charge >= 0.3 is 5.97 Å². The van der Waals surface area contributed by atoms with E-state index in [4.69, 9.17) is 9.84 Å². The van der Waals surface area contributed by atoms with Crippen molar-refractivity contribution in [3.8, 4) is 0 Å². The van der Waals surface area contributed by atoms with Gasteiger partial charge < -0.3 is 9.84 Å². The highest BCUT2D eigenvalue weighted by Gasteiger charge is 2.01. The van der Waals surface area contributed by atoms with Crippen molar-refractivity contribution in [2.75, 3.05) is 13.2 Å². The van der Waals surface area contributed by atoms with Gasteiger partial charge in [0.25, 0.3) is 0 Å². The summed E-state index contributed by atoms with van der Waals surface area (Å²) in [5, 5.41) is 8.74. The predicted octanol–water partition coefficient (Wildman–Crippen LogP) is 7.90. The van der Waals surface area contributed by atoms with E-state index in [-0.39, 0.29) is 5.97 Å². The number of ether oxygens (including phenoxy) is 1. The average molecular weight is 411 g/mol. The van der Waals surface area contributed by atoms with Crippen molar-refractivity contribution in [1.82, 2.24) is 0 Å². The zero-order valence-corrected chi connectivity index (χ0v) is 19.5. The highest BCUT2D eigenvalue weighted by Crippen LogP contribution is 2.14. The third-order valence-electron chi connectivity index (χ3n) is 5.63. The van der Waals surface area contributed by atoms with E-state index in [0.717, 1.165) is 19.3 Å². The summed E-state index contributed by atoms with van der Waals surface area (Å²) in [7, 11) is 0.